The highest BCUT2D eigenvalue weighted by atomic mass is 28.4. The van der Waals surface area contributed by atoms with E-state index in [-0.39, 0.29) is 6.04 Å². The lowest BCUT2D eigenvalue weighted by molar-refractivity contribution is -0.0502. The summed E-state index contributed by atoms with van der Waals surface area (Å²) in [6, 6.07) is 16.4. The number of aliphatic hydroxyl groups is 2. The van der Waals surface area contributed by atoms with Gasteiger partial charge >= 0.3 is 0 Å². The molecule has 0 unspecified atom stereocenters. The van der Waals surface area contributed by atoms with Gasteiger partial charge in [-0.1, -0.05) is 77.9 Å². The van der Waals surface area contributed by atoms with Gasteiger partial charge in [0.1, 0.15) is 5.75 Å². The zero-order chi connectivity index (χ0) is 24.7. The van der Waals surface area contributed by atoms with Crippen LogP contribution in [0.1, 0.15) is 77.2 Å². The minimum absolute atomic E-state index is 0.0628. The van der Waals surface area contributed by atoms with Crippen LogP contribution in [0.3, 0.4) is 0 Å². The molecule has 0 spiro atoms. The first-order valence-corrected chi connectivity index (χ1v) is 15.2. The molecule has 186 valence electrons. The molecular formula is C29H43NO3Si. The molecule has 2 aromatic carbocycles. The average Bonchev–Trinajstić information content (AvgIpc) is 3.13. The Labute approximate surface area is 207 Å². The molecule has 0 radical (unpaired) electrons. The van der Waals surface area contributed by atoms with E-state index in [0.29, 0.717) is 29.5 Å². The third kappa shape index (κ3) is 4.48. The van der Waals surface area contributed by atoms with Gasteiger partial charge in [0.25, 0.3) is 8.32 Å². The summed E-state index contributed by atoms with van der Waals surface area (Å²) in [5, 5.41) is 22.4. The maximum atomic E-state index is 11.2. The van der Waals surface area contributed by atoms with E-state index in [0.717, 1.165) is 36.4 Å². The van der Waals surface area contributed by atoms with Crippen molar-refractivity contribution >= 4 is 8.32 Å². The van der Waals surface area contributed by atoms with Gasteiger partial charge < -0.3 is 14.6 Å². The molecule has 2 atom stereocenters. The van der Waals surface area contributed by atoms with Crippen LogP contribution < -0.4 is 4.43 Å². The molecule has 1 heterocycles. The average molecular weight is 482 g/mol. The summed E-state index contributed by atoms with van der Waals surface area (Å²) in [6.45, 7) is 15.4. The van der Waals surface area contributed by atoms with Crippen molar-refractivity contribution in [2.24, 2.45) is 0 Å². The number of fused-ring (bicyclic) bond motifs is 1. The smallest absolute Gasteiger partial charge is 0.258 e. The molecule has 4 nitrogen and oxygen atoms in total. The summed E-state index contributed by atoms with van der Waals surface area (Å²) in [5.41, 5.74) is 4.04. The van der Waals surface area contributed by atoms with Crippen molar-refractivity contribution in [3.63, 3.8) is 0 Å². The van der Waals surface area contributed by atoms with Gasteiger partial charge in [-0.2, -0.15) is 0 Å². The number of aliphatic hydroxyl groups excluding tert-OH is 1. The predicted octanol–water partition coefficient (Wildman–Crippen LogP) is 6.18. The molecular weight excluding hydrogens is 438 g/mol. The van der Waals surface area contributed by atoms with Crippen LogP contribution in [0.25, 0.3) is 0 Å². The van der Waals surface area contributed by atoms with Gasteiger partial charge in [-0.25, -0.2) is 0 Å². The summed E-state index contributed by atoms with van der Waals surface area (Å²) >= 11 is 0. The standard InChI is InChI=1S/C29H43NO3Si/c1-20(2)34(21(3)4,22(5)6)33-25-12-13-26-23(18-25)19-27(28(26)31)30-16-14-29(32,15-17-30)24-10-8-7-9-11-24/h7-13,18,20-22,27-28,31-32H,14-17,19H2,1-6H3/t27-,28-/m1/s1. The van der Waals surface area contributed by atoms with Crippen LogP contribution in [0.5, 0.6) is 5.75 Å². The van der Waals surface area contributed by atoms with Gasteiger partial charge in [0.2, 0.25) is 0 Å². The molecule has 5 heteroatoms. The summed E-state index contributed by atoms with van der Waals surface area (Å²) < 4.78 is 6.91. The van der Waals surface area contributed by atoms with Gasteiger partial charge in [-0.05, 0) is 64.7 Å². The van der Waals surface area contributed by atoms with E-state index in [1.807, 2.05) is 30.3 Å². The second-order valence-electron chi connectivity index (χ2n) is 11.4. The van der Waals surface area contributed by atoms with Crippen LogP contribution in [-0.2, 0) is 12.0 Å². The fraction of sp³-hybridized carbons (Fsp3) is 0.586. The number of likely N-dealkylation sites (tertiary alicyclic amines) is 1. The van der Waals surface area contributed by atoms with Crippen LogP contribution in [0.15, 0.2) is 48.5 Å². The zero-order valence-electron chi connectivity index (χ0n) is 21.8. The Bertz CT molecular complexity index is 945. The van der Waals surface area contributed by atoms with E-state index in [1.165, 1.54) is 5.56 Å². The number of benzene rings is 2. The highest BCUT2D eigenvalue weighted by molar-refractivity contribution is 6.78. The Hall–Kier alpha value is -1.66. The van der Waals surface area contributed by atoms with Crippen LogP contribution in [-0.4, -0.2) is 42.6 Å². The van der Waals surface area contributed by atoms with E-state index < -0.39 is 20.0 Å². The molecule has 1 saturated heterocycles. The quantitative estimate of drug-likeness (QED) is 0.464. The van der Waals surface area contributed by atoms with Crippen molar-refractivity contribution in [1.29, 1.82) is 0 Å². The Balaban J connectivity index is 1.48. The molecule has 34 heavy (non-hydrogen) atoms. The van der Waals surface area contributed by atoms with Crippen molar-refractivity contribution in [3.8, 4) is 5.75 Å². The minimum Gasteiger partial charge on any atom is -0.543 e. The van der Waals surface area contributed by atoms with E-state index in [1.54, 1.807) is 0 Å². The van der Waals surface area contributed by atoms with Gasteiger partial charge in [-0.15, -0.1) is 0 Å². The Morgan fingerprint density at radius 3 is 2.06 bits per heavy atom. The number of piperidine rings is 1. The highest BCUT2D eigenvalue weighted by Gasteiger charge is 2.47. The summed E-state index contributed by atoms with van der Waals surface area (Å²) in [5.74, 6) is 0.964. The van der Waals surface area contributed by atoms with E-state index in [2.05, 4.69) is 64.6 Å². The molecule has 0 aromatic heterocycles. The zero-order valence-corrected chi connectivity index (χ0v) is 22.8. The maximum Gasteiger partial charge on any atom is 0.258 e. The lowest BCUT2D eigenvalue weighted by Gasteiger charge is -2.42. The van der Waals surface area contributed by atoms with E-state index in [4.69, 9.17) is 4.43 Å². The van der Waals surface area contributed by atoms with Crippen molar-refractivity contribution in [2.75, 3.05) is 13.1 Å². The Kier molecular flexibility index (Phi) is 7.31. The second kappa shape index (κ2) is 9.77. The molecule has 2 aromatic rings. The minimum atomic E-state index is -2.02. The number of hydrogen-bond acceptors (Lipinski definition) is 4. The molecule has 1 aliphatic heterocycles. The van der Waals surface area contributed by atoms with Gasteiger partial charge in [0, 0.05) is 19.1 Å². The van der Waals surface area contributed by atoms with E-state index >= 15 is 0 Å². The molecule has 2 aliphatic rings. The lowest BCUT2D eigenvalue weighted by atomic mass is 9.84. The van der Waals surface area contributed by atoms with Crippen LogP contribution in [0, 0.1) is 0 Å². The van der Waals surface area contributed by atoms with Crippen LogP contribution in [0.4, 0.5) is 0 Å². The van der Waals surface area contributed by atoms with Crippen LogP contribution in [0.2, 0.25) is 16.6 Å². The predicted molar refractivity (Wildman–Crippen MR) is 142 cm³/mol. The largest absolute Gasteiger partial charge is 0.543 e. The molecule has 1 fully saturated rings. The van der Waals surface area contributed by atoms with Gasteiger partial charge in [0.05, 0.1) is 11.7 Å². The lowest BCUT2D eigenvalue weighted by Crippen LogP contribution is -2.50. The number of nitrogens with zero attached hydrogens (tertiary/aromatic N) is 1. The normalized spacial score (nSPS) is 23.0. The third-order valence-electron chi connectivity index (χ3n) is 8.63. The maximum absolute atomic E-state index is 11.2. The summed E-state index contributed by atoms with van der Waals surface area (Å²) in [4.78, 5) is 2.37. The molecule has 0 amide bonds. The molecule has 4 rings (SSSR count). The second-order valence-corrected chi connectivity index (χ2v) is 16.8. The highest BCUT2D eigenvalue weighted by Crippen LogP contribution is 2.45. The number of hydrogen-bond donors (Lipinski definition) is 2. The first-order chi connectivity index (χ1) is 16.1. The summed E-state index contributed by atoms with van der Waals surface area (Å²) in [7, 11) is -2.02. The third-order valence-corrected chi connectivity index (χ3v) is 14.6. The Morgan fingerprint density at radius 1 is 0.912 bits per heavy atom. The topological polar surface area (TPSA) is 52.9 Å². The molecule has 1 aliphatic carbocycles. The molecule has 0 saturated carbocycles. The summed E-state index contributed by atoms with van der Waals surface area (Å²) in [6.07, 6.45) is 1.72. The SMILES string of the molecule is CC(C)[Si](Oc1ccc2c(c1)C[C@@H](N1CCC(O)(c3ccccc3)CC1)[C@@H]2O)(C(C)C)C(C)C. The molecule has 2 N–H and O–H groups in total. The van der Waals surface area contributed by atoms with Crippen molar-refractivity contribution < 1.29 is 14.6 Å². The van der Waals surface area contributed by atoms with E-state index in [9.17, 15) is 10.2 Å². The Morgan fingerprint density at radius 2 is 1.50 bits per heavy atom. The van der Waals surface area contributed by atoms with Crippen molar-refractivity contribution in [1.82, 2.24) is 4.90 Å². The monoisotopic (exact) mass is 481 g/mol. The van der Waals surface area contributed by atoms with Crippen molar-refractivity contribution in [2.45, 2.75) is 95.2 Å². The van der Waals surface area contributed by atoms with Gasteiger partial charge in [-0.3, -0.25) is 4.90 Å². The van der Waals surface area contributed by atoms with Crippen molar-refractivity contribution in [3.05, 3.63) is 65.2 Å². The first kappa shape index (κ1) is 25.4. The number of rotatable bonds is 7. The van der Waals surface area contributed by atoms with Crippen LogP contribution >= 0.6 is 0 Å². The fourth-order valence-corrected chi connectivity index (χ4v) is 12.0. The molecule has 0 bridgehead atoms. The first-order valence-electron chi connectivity index (χ1n) is 13.1. The van der Waals surface area contributed by atoms with Gasteiger partial charge in [0.15, 0.2) is 0 Å². The fourth-order valence-electron chi connectivity index (χ4n) is 6.80.